The van der Waals surface area contributed by atoms with E-state index in [-0.39, 0.29) is 24.2 Å². The molecule has 2 aromatic rings. The van der Waals surface area contributed by atoms with E-state index in [1.54, 1.807) is 14.2 Å². The quantitative estimate of drug-likeness (QED) is 0.119. The molecule has 6 atom stereocenters. The summed E-state index contributed by atoms with van der Waals surface area (Å²) in [7, 11) is 3.33. The van der Waals surface area contributed by atoms with Gasteiger partial charge in [-0.3, -0.25) is 0 Å². The van der Waals surface area contributed by atoms with Crippen LogP contribution in [0.1, 0.15) is 91.2 Å². The number of hydrogen-bond acceptors (Lipinski definition) is 6. The van der Waals surface area contributed by atoms with E-state index < -0.39 is 6.10 Å². The molecule has 1 aliphatic carbocycles. The van der Waals surface area contributed by atoms with Crippen molar-refractivity contribution in [1.82, 2.24) is 0 Å². The fourth-order valence-electron chi connectivity index (χ4n) is 5.48. The minimum Gasteiger partial charge on any atom is -0.497 e. The van der Waals surface area contributed by atoms with Crippen molar-refractivity contribution in [2.45, 2.75) is 118 Å². The zero-order chi connectivity index (χ0) is 35.5. The van der Waals surface area contributed by atoms with E-state index in [2.05, 4.69) is 66.0 Å². The van der Waals surface area contributed by atoms with Crippen LogP contribution >= 0.6 is 0 Å². The van der Waals surface area contributed by atoms with Crippen LogP contribution in [0.5, 0.6) is 11.5 Å². The highest BCUT2D eigenvalue weighted by atomic mass is 16.5. The number of hydrogen-bond donors (Lipinski definition) is 1. The fraction of sp³-hybridized carbons (Fsp3) is 0.619. The molecule has 270 valence electrons. The predicted octanol–water partition coefficient (Wildman–Crippen LogP) is 9.83. The number of methoxy groups -OCH3 is 2. The topological polar surface area (TPSA) is 66.4 Å². The van der Waals surface area contributed by atoms with Crippen molar-refractivity contribution in [2.24, 2.45) is 29.6 Å². The molecule has 0 heterocycles. The third kappa shape index (κ3) is 16.2. The highest BCUT2D eigenvalue weighted by Gasteiger charge is 2.30. The number of aliphatic hydroxyl groups is 1. The standard InChI is InChI=1S/C23H36O3.C19H30O3/c1-6-21(12-7-17(2)3)23(26-16-19-8-9-19)18(4)25-15-20-10-13-22(24-5)14-11-20;1-6-17(10-7-14(2)3)19(20)15(4)22-13-16-8-11-18(21-5)12-9-16/h6,10-11,13-14,17-19,21,23H,1,7-9,12,15-16H2,2-5H3;6,8-9,11-12,14-15,17,19-20H,1,7,10,13H2,2-5H3/t18-,21+,23-;15-,17+,19-/m00/s1. The van der Waals surface area contributed by atoms with Crippen molar-refractivity contribution in [3.8, 4) is 11.5 Å². The summed E-state index contributed by atoms with van der Waals surface area (Å²) in [6.45, 7) is 22.8. The average molecular weight is 667 g/mol. The molecule has 1 fully saturated rings. The Morgan fingerprint density at radius 2 is 1.08 bits per heavy atom. The number of ether oxygens (including phenoxy) is 5. The van der Waals surface area contributed by atoms with Crippen LogP contribution in [0.15, 0.2) is 73.8 Å². The monoisotopic (exact) mass is 666 g/mol. The molecule has 0 bridgehead atoms. The van der Waals surface area contributed by atoms with Crippen LogP contribution in [-0.4, -0.2) is 50.3 Å². The van der Waals surface area contributed by atoms with Crippen molar-refractivity contribution >= 4 is 0 Å². The Balaban J connectivity index is 0.000000339. The van der Waals surface area contributed by atoms with E-state index in [0.29, 0.717) is 31.0 Å². The van der Waals surface area contributed by atoms with Gasteiger partial charge in [-0.2, -0.15) is 0 Å². The fourth-order valence-corrected chi connectivity index (χ4v) is 5.48. The van der Waals surface area contributed by atoms with Gasteiger partial charge in [-0.15, -0.1) is 13.2 Å². The van der Waals surface area contributed by atoms with Crippen LogP contribution < -0.4 is 9.47 Å². The molecule has 48 heavy (non-hydrogen) atoms. The molecular formula is C42H66O6. The Morgan fingerprint density at radius 3 is 1.48 bits per heavy atom. The maximum absolute atomic E-state index is 10.4. The van der Waals surface area contributed by atoms with E-state index in [1.807, 2.05) is 49.4 Å². The van der Waals surface area contributed by atoms with Crippen LogP contribution in [0.4, 0.5) is 0 Å². The molecule has 6 heteroatoms. The summed E-state index contributed by atoms with van der Waals surface area (Å²) < 4.78 is 28.7. The lowest BCUT2D eigenvalue weighted by atomic mass is 9.90. The molecule has 1 saturated carbocycles. The molecule has 0 spiro atoms. The maximum atomic E-state index is 10.4. The van der Waals surface area contributed by atoms with Crippen molar-refractivity contribution < 1.29 is 28.8 Å². The first-order valence-electron chi connectivity index (χ1n) is 18.0. The Bertz CT molecular complexity index is 1120. The van der Waals surface area contributed by atoms with Gasteiger partial charge in [0.25, 0.3) is 0 Å². The molecular weight excluding hydrogens is 600 g/mol. The number of aliphatic hydroxyl groups excluding tert-OH is 1. The lowest BCUT2D eigenvalue weighted by Gasteiger charge is -2.31. The normalized spacial score (nSPS) is 16.6. The molecule has 0 radical (unpaired) electrons. The molecule has 6 nitrogen and oxygen atoms in total. The van der Waals surface area contributed by atoms with Gasteiger partial charge in [-0.1, -0.05) is 77.0 Å². The third-order valence-corrected chi connectivity index (χ3v) is 9.13. The Morgan fingerprint density at radius 1 is 0.646 bits per heavy atom. The van der Waals surface area contributed by atoms with Crippen LogP contribution in [0.2, 0.25) is 0 Å². The predicted molar refractivity (Wildman–Crippen MR) is 198 cm³/mol. The first kappa shape index (κ1) is 41.5. The minimum atomic E-state index is -0.519. The summed E-state index contributed by atoms with van der Waals surface area (Å²) >= 11 is 0. The molecule has 0 aliphatic heterocycles. The van der Waals surface area contributed by atoms with Crippen molar-refractivity contribution in [1.29, 1.82) is 0 Å². The van der Waals surface area contributed by atoms with Gasteiger partial charge in [0, 0.05) is 18.4 Å². The van der Waals surface area contributed by atoms with Crippen molar-refractivity contribution in [3.63, 3.8) is 0 Å². The highest BCUT2D eigenvalue weighted by Crippen LogP contribution is 2.32. The highest BCUT2D eigenvalue weighted by molar-refractivity contribution is 5.27. The number of benzene rings is 2. The zero-order valence-corrected chi connectivity index (χ0v) is 31.2. The van der Waals surface area contributed by atoms with E-state index in [4.69, 9.17) is 23.7 Å². The summed E-state index contributed by atoms with van der Waals surface area (Å²) in [6.07, 6.45) is 10.2. The lowest BCUT2D eigenvalue weighted by molar-refractivity contribution is -0.0921. The SMILES string of the molecule is C=C[C@H](CCC(C)C)[C@@H](O)[C@H](C)OCc1ccc(OC)cc1.C=C[C@H](CCC(C)C)[C@@H](OCC1CC1)[C@H](C)OCc1ccc(OC)cc1. The van der Waals surface area contributed by atoms with Crippen LogP contribution in [-0.2, 0) is 27.4 Å². The average Bonchev–Trinajstić information content (AvgIpc) is 3.93. The molecule has 2 aromatic carbocycles. The second-order valence-electron chi connectivity index (χ2n) is 14.2. The summed E-state index contributed by atoms with van der Waals surface area (Å²) in [5.74, 6) is 4.18. The van der Waals surface area contributed by atoms with Gasteiger partial charge in [0.15, 0.2) is 0 Å². The first-order chi connectivity index (χ1) is 23.0. The van der Waals surface area contributed by atoms with Crippen LogP contribution in [0.3, 0.4) is 0 Å². The Kier molecular flexibility index (Phi) is 19.8. The van der Waals surface area contributed by atoms with Gasteiger partial charge in [-0.25, -0.2) is 0 Å². The Labute approximate surface area is 292 Å². The van der Waals surface area contributed by atoms with Gasteiger partial charge in [0.2, 0.25) is 0 Å². The van der Waals surface area contributed by atoms with E-state index in [9.17, 15) is 5.11 Å². The zero-order valence-electron chi connectivity index (χ0n) is 31.2. The van der Waals surface area contributed by atoms with Gasteiger partial charge >= 0.3 is 0 Å². The van der Waals surface area contributed by atoms with Gasteiger partial charge in [-0.05, 0) is 92.7 Å². The maximum Gasteiger partial charge on any atom is 0.118 e. The summed E-state index contributed by atoms with van der Waals surface area (Å²) in [5.41, 5.74) is 2.22. The first-order valence-corrected chi connectivity index (χ1v) is 18.0. The van der Waals surface area contributed by atoms with E-state index in [0.717, 1.165) is 54.4 Å². The van der Waals surface area contributed by atoms with E-state index >= 15 is 0 Å². The van der Waals surface area contributed by atoms with Gasteiger partial charge in [0.1, 0.15) is 11.5 Å². The molecule has 0 amide bonds. The van der Waals surface area contributed by atoms with Gasteiger partial charge < -0.3 is 28.8 Å². The second kappa shape index (κ2) is 22.9. The lowest BCUT2D eigenvalue weighted by Crippen LogP contribution is -2.36. The summed E-state index contributed by atoms with van der Waals surface area (Å²) in [6, 6.07) is 15.8. The molecule has 0 saturated heterocycles. The largest absolute Gasteiger partial charge is 0.497 e. The van der Waals surface area contributed by atoms with Crippen LogP contribution in [0, 0.1) is 29.6 Å². The van der Waals surface area contributed by atoms with E-state index in [1.165, 1.54) is 19.3 Å². The Hall–Kier alpha value is -2.64. The molecule has 0 aromatic heterocycles. The van der Waals surface area contributed by atoms with Crippen molar-refractivity contribution in [2.75, 3.05) is 20.8 Å². The molecule has 1 aliphatic rings. The minimum absolute atomic E-state index is 0.0333. The smallest absolute Gasteiger partial charge is 0.118 e. The molecule has 1 N–H and O–H groups in total. The summed E-state index contributed by atoms with van der Waals surface area (Å²) in [4.78, 5) is 0. The molecule has 0 unspecified atom stereocenters. The van der Waals surface area contributed by atoms with Crippen LogP contribution in [0.25, 0.3) is 0 Å². The van der Waals surface area contributed by atoms with Crippen molar-refractivity contribution in [3.05, 3.63) is 85.0 Å². The third-order valence-electron chi connectivity index (χ3n) is 9.13. The van der Waals surface area contributed by atoms with Gasteiger partial charge in [0.05, 0.1) is 51.8 Å². The summed E-state index contributed by atoms with van der Waals surface area (Å²) in [5, 5.41) is 10.4. The second-order valence-corrected chi connectivity index (χ2v) is 14.2. The molecule has 3 rings (SSSR count). The number of rotatable bonds is 23.